The monoisotopic (exact) mass is 243 g/mol. The predicted octanol–water partition coefficient (Wildman–Crippen LogP) is 3.34. The molecule has 1 radical (unpaired) electrons. The average Bonchev–Trinajstić information content (AvgIpc) is 2.90. The van der Waals surface area contributed by atoms with Crippen molar-refractivity contribution in [1.29, 1.82) is 0 Å². The van der Waals surface area contributed by atoms with Gasteiger partial charge < -0.3 is 4.74 Å². The molecule has 1 fully saturated rings. The number of hydrogen-bond donors (Lipinski definition) is 0. The van der Waals surface area contributed by atoms with E-state index in [4.69, 9.17) is 4.74 Å². The van der Waals surface area contributed by atoms with Crippen LogP contribution < -0.4 is 4.74 Å². The van der Waals surface area contributed by atoms with Crippen molar-refractivity contribution in [1.82, 2.24) is 0 Å². The zero-order valence-corrected chi connectivity index (χ0v) is 8.60. The summed E-state index contributed by atoms with van der Waals surface area (Å²) in [5.41, 5.74) is 0. The molecule has 1 aliphatic carbocycles. The van der Waals surface area contributed by atoms with Crippen molar-refractivity contribution in [3.8, 4) is 5.75 Å². The Morgan fingerprint density at radius 2 is 2.15 bits per heavy atom. The molecule has 1 saturated carbocycles. The summed E-state index contributed by atoms with van der Waals surface area (Å²) in [7, 11) is 0. The van der Waals surface area contributed by atoms with Crippen LogP contribution in [0.5, 0.6) is 5.75 Å². The fourth-order valence-corrected chi connectivity index (χ4v) is 1.36. The SMILES string of the molecule is Fc1ccc(Br)c(OC[C]2CC2)c1. The molecule has 3 heteroatoms. The van der Waals surface area contributed by atoms with E-state index in [1.54, 1.807) is 6.07 Å². The van der Waals surface area contributed by atoms with Crippen LogP contribution in [0.4, 0.5) is 4.39 Å². The molecule has 0 atom stereocenters. The first-order chi connectivity index (χ1) is 6.25. The van der Waals surface area contributed by atoms with Crippen LogP contribution in [0.3, 0.4) is 0 Å². The number of rotatable bonds is 3. The van der Waals surface area contributed by atoms with Crippen molar-refractivity contribution in [2.45, 2.75) is 12.8 Å². The average molecular weight is 244 g/mol. The first kappa shape index (κ1) is 9.00. The quantitative estimate of drug-likeness (QED) is 0.792. The van der Waals surface area contributed by atoms with E-state index < -0.39 is 0 Å². The molecule has 13 heavy (non-hydrogen) atoms. The highest BCUT2D eigenvalue weighted by Gasteiger charge is 2.23. The van der Waals surface area contributed by atoms with Gasteiger partial charge in [0.25, 0.3) is 0 Å². The zero-order chi connectivity index (χ0) is 9.26. The van der Waals surface area contributed by atoms with Gasteiger partial charge in [0.1, 0.15) is 11.6 Å². The summed E-state index contributed by atoms with van der Waals surface area (Å²) in [5, 5.41) is 0. The molecule has 0 aromatic heterocycles. The minimum atomic E-state index is -0.265. The van der Waals surface area contributed by atoms with Crippen molar-refractivity contribution in [3.05, 3.63) is 34.4 Å². The summed E-state index contributed by atoms with van der Waals surface area (Å²) in [6.45, 7) is 0.627. The molecule has 1 aliphatic rings. The number of benzene rings is 1. The van der Waals surface area contributed by atoms with Crippen LogP contribution in [0.2, 0.25) is 0 Å². The Hall–Kier alpha value is -0.570. The normalized spacial score (nSPS) is 15.8. The Balaban J connectivity index is 2.03. The van der Waals surface area contributed by atoms with Gasteiger partial charge in [-0.1, -0.05) is 0 Å². The van der Waals surface area contributed by atoms with E-state index >= 15 is 0 Å². The van der Waals surface area contributed by atoms with Gasteiger partial charge in [-0.25, -0.2) is 4.39 Å². The first-order valence-corrected chi connectivity index (χ1v) is 4.96. The summed E-state index contributed by atoms with van der Waals surface area (Å²) in [6.07, 6.45) is 2.32. The zero-order valence-electron chi connectivity index (χ0n) is 7.02. The fourth-order valence-electron chi connectivity index (χ4n) is 1.00. The van der Waals surface area contributed by atoms with E-state index in [9.17, 15) is 4.39 Å². The van der Waals surface area contributed by atoms with Crippen molar-refractivity contribution in [3.63, 3.8) is 0 Å². The minimum absolute atomic E-state index is 0.265. The van der Waals surface area contributed by atoms with Crippen LogP contribution in [-0.4, -0.2) is 6.61 Å². The van der Waals surface area contributed by atoms with E-state index in [1.165, 1.54) is 18.1 Å². The predicted molar refractivity (Wildman–Crippen MR) is 52.1 cm³/mol. The molecule has 69 valence electrons. The third-order valence-electron chi connectivity index (χ3n) is 1.93. The molecule has 0 bridgehead atoms. The summed E-state index contributed by atoms with van der Waals surface area (Å²) in [6, 6.07) is 4.45. The molecule has 1 aromatic rings. The van der Waals surface area contributed by atoms with E-state index in [1.807, 2.05) is 0 Å². The molecule has 0 spiro atoms. The van der Waals surface area contributed by atoms with Crippen LogP contribution in [-0.2, 0) is 0 Å². The van der Waals surface area contributed by atoms with Gasteiger partial charge in [-0.15, -0.1) is 0 Å². The summed E-state index contributed by atoms with van der Waals surface area (Å²) in [5.74, 6) is 1.72. The second-order valence-corrected chi connectivity index (χ2v) is 3.97. The molecule has 0 unspecified atom stereocenters. The maximum Gasteiger partial charge on any atom is 0.136 e. The van der Waals surface area contributed by atoms with Gasteiger partial charge in [-0.2, -0.15) is 0 Å². The molecular weight excluding hydrogens is 235 g/mol. The highest BCUT2D eigenvalue weighted by Crippen LogP contribution is 2.33. The second kappa shape index (κ2) is 3.66. The van der Waals surface area contributed by atoms with Gasteiger partial charge in [0.15, 0.2) is 0 Å². The maximum absolute atomic E-state index is 12.8. The van der Waals surface area contributed by atoms with Crippen molar-refractivity contribution >= 4 is 15.9 Å². The Labute approximate surface area is 85.0 Å². The van der Waals surface area contributed by atoms with Gasteiger partial charge in [-0.3, -0.25) is 0 Å². The summed E-state index contributed by atoms with van der Waals surface area (Å²) < 4.78 is 19.0. The Kier molecular flexibility index (Phi) is 2.54. The largest absolute Gasteiger partial charge is 0.492 e. The van der Waals surface area contributed by atoms with Gasteiger partial charge in [0.05, 0.1) is 11.1 Å². The maximum atomic E-state index is 12.8. The van der Waals surface area contributed by atoms with Crippen LogP contribution in [0, 0.1) is 11.7 Å². The lowest BCUT2D eigenvalue weighted by Gasteiger charge is -2.06. The minimum Gasteiger partial charge on any atom is -0.492 e. The molecule has 2 rings (SSSR count). The van der Waals surface area contributed by atoms with E-state index in [-0.39, 0.29) is 5.82 Å². The molecule has 1 aromatic carbocycles. The van der Waals surface area contributed by atoms with Gasteiger partial charge >= 0.3 is 0 Å². The smallest absolute Gasteiger partial charge is 0.136 e. The van der Waals surface area contributed by atoms with Crippen LogP contribution in [0.1, 0.15) is 12.8 Å². The molecule has 0 saturated heterocycles. The van der Waals surface area contributed by atoms with Crippen molar-refractivity contribution in [2.24, 2.45) is 0 Å². The lowest BCUT2D eigenvalue weighted by molar-refractivity contribution is 0.340. The van der Waals surface area contributed by atoms with Crippen LogP contribution in [0.25, 0.3) is 0 Å². The van der Waals surface area contributed by atoms with E-state index in [2.05, 4.69) is 15.9 Å². The Morgan fingerprint density at radius 3 is 2.85 bits per heavy atom. The van der Waals surface area contributed by atoms with Crippen molar-refractivity contribution in [2.75, 3.05) is 6.61 Å². The van der Waals surface area contributed by atoms with E-state index in [0.29, 0.717) is 12.4 Å². The summed E-state index contributed by atoms with van der Waals surface area (Å²) in [4.78, 5) is 0. The summed E-state index contributed by atoms with van der Waals surface area (Å²) >= 11 is 3.30. The lowest BCUT2D eigenvalue weighted by Crippen LogP contribution is -1.98. The number of halogens is 2. The third kappa shape index (κ3) is 2.44. The molecule has 1 nitrogen and oxygen atoms in total. The topological polar surface area (TPSA) is 9.23 Å². The standard InChI is InChI=1S/C10H9BrFO/c11-9-4-3-8(12)5-10(9)13-6-7-1-2-7/h3-5H,1-2,6H2. The second-order valence-electron chi connectivity index (χ2n) is 3.11. The van der Waals surface area contributed by atoms with Crippen LogP contribution in [0.15, 0.2) is 22.7 Å². The Morgan fingerprint density at radius 1 is 1.38 bits per heavy atom. The van der Waals surface area contributed by atoms with Gasteiger partial charge in [0.2, 0.25) is 0 Å². The third-order valence-corrected chi connectivity index (χ3v) is 2.58. The van der Waals surface area contributed by atoms with Crippen molar-refractivity contribution < 1.29 is 9.13 Å². The highest BCUT2D eigenvalue weighted by atomic mass is 79.9. The van der Waals surface area contributed by atoms with Gasteiger partial charge in [-0.05, 0) is 40.9 Å². The number of ether oxygens (including phenoxy) is 1. The van der Waals surface area contributed by atoms with E-state index in [0.717, 1.165) is 17.3 Å². The fraction of sp³-hybridized carbons (Fsp3) is 0.300. The molecule has 0 N–H and O–H groups in total. The Bertz CT molecular complexity index is 310. The highest BCUT2D eigenvalue weighted by molar-refractivity contribution is 9.10. The van der Waals surface area contributed by atoms with Gasteiger partial charge in [0, 0.05) is 12.0 Å². The molecule has 0 heterocycles. The first-order valence-electron chi connectivity index (χ1n) is 4.17. The molecule has 0 amide bonds. The number of hydrogen-bond acceptors (Lipinski definition) is 1. The van der Waals surface area contributed by atoms with Crippen LogP contribution >= 0.6 is 15.9 Å². The lowest BCUT2D eigenvalue weighted by atomic mass is 10.3. The molecular formula is C10H9BrFO. The molecule has 0 aliphatic heterocycles.